The maximum absolute atomic E-state index is 6.36. The van der Waals surface area contributed by atoms with Crippen molar-refractivity contribution in [3.05, 3.63) is 121 Å². The maximum atomic E-state index is 6.36. The number of para-hydroxylation sites is 1. The number of rotatable bonds is 2. The minimum absolute atomic E-state index is 0.967. The van der Waals surface area contributed by atoms with E-state index in [-0.39, 0.29) is 0 Å². The van der Waals surface area contributed by atoms with E-state index >= 15 is 0 Å². The van der Waals surface area contributed by atoms with Gasteiger partial charge in [-0.25, -0.2) is 0 Å². The third-order valence-electron chi connectivity index (χ3n) is 8.27. The first kappa shape index (κ1) is 21.3. The van der Waals surface area contributed by atoms with Crippen LogP contribution >= 0.6 is 11.3 Å². The lowest BCUT2D eigenvalue weighted by atomic mass is 10.00. The summed E-state index contributed by atoms with van der Waals surface area (Å²) in [5, 5.41) is 6.45. The number of benzene rings is 5. The standard InChI is InChI=1S/C36H23NOS/c1-4-16-31-25(11-1)29-20-30-26-12-2-5-17-33(26)38-34(30)21-32(29)37(31)23-10-7-9-22(19-23)24-14-8-15-28-27-13-3-6-18-35(27)39-36(24)28/h1,3-11,13-21H,2,12H2. The van der Waals surface area contributed by atoms with Gasteiger partial charge in [-0.2, -0.15) is 0 Å². The second-order valence-electron chi connectivity index (χ2n) is 10.4. The molecule has 3 aromatic heterocycles. The number of fused-ring (bicyclic) bond motifs is 9. The van der Waals surface area contributed by atoms with Crippen molar-refractivity contribution in [2.45, 2.75) is 12.8 Å². The Labute approximate surface area is 229 Å². The van der Waals surface area contributed by atoms with Crippen LogP contribution in [0.15, 0.2) is 114 Å². The second kappa shape index (κ2) is 7.95. The molecule has 39 heavy (non-hydrogen) atoms. The number of hydrogen-bond donors (Lipinski definition) is 0. The summed E-state index contributed by atoms with van der Waals surface area (Å²) in [6, 6.07) is 37.7. The molecule has 5 aromatic carbocycles. The Kier molecular flexibility index (Phi) is 4.35. The second-order valence-corrected chi connectivity index (χ2v) is 11.5. The summed E-state index contributed by atoms with van der Waals surface area (Å²) in [6.45, 7) is 0. The van der Waals surface area contributed by atoms with Crippen LogP contribution in [-0.2, 0) is 6.42 Å². The molecule has 184 valence electrons. The van der Waals surface area contributed by atoms with Gasteiger partial charge in [0.1, 0.15) is 11.3 Å². The van der Waals surface area contributed by atoms with Crippen LogP contribution in [0.2, 0.25) is 0 Å². The van der Waals surface area contributed by atoms with Gasteiger partial charge in [-0.1, -0.05) is 72.8 Å². The Bertz CT molecular complexity index is 2290. The summed E-state index contributed by atoms with van der Waals surface area (Å²) in [5.74, 6) is 1.01. The monoisotopic (exact) mass is 517 g/mol. The van der Waals surface area contributed by atoms with Crippen LogP contribution < -0.4 is 0 Å². The van der Waals surface area contributed by atoms with Crippen LogP contribution in [0.25, 0.3) is 75.8 Å². The number of nitrogens with zero attached hydrogens (tertiary/aromatic N) is 1. The van der Waals surface area contributed by atoms with E-state index in [4.69, 9.17) is 4.42 Å². The van der Waals surface area contributed by atoms with E-state index in [9.17, 15) is 0 Å². The van der Waals surface area contributed by atoms with Gasteiger partial charge < -0.3 is 8.98 Å². The SMILES string of the molecule is C1=Cc2oc3cc4c(cc3c2CC1)c1ccccc1n4-c1cccc(-c2cccc3c2sc2ccccc23)c1. The Hall–Kier alpha value is -4.60. The van der Waals surface area contributed by atoms with Crippen LogP contribution in [0, 0.1) is 0 Å². The van der Waals surface area contributed by atoms with Crippen LogP contribution in [0.3, 0.4) is 0 Å². The van der Waals surface area contributed by atoms with Crippen molar-refractivity contribution in [2.24, 2.45) is 0 Å². The molecule has 3 heteroatoms. The van der Waals surface area contributed by atoms with Gasteiger partial charge in [0.15, 0.2) is 0 Å². The lowest BCUT2D eigenvalue weighted by molar-refractivity contribution is 0.595. The van der Waals surface area contributed by atoms with Gasteiger partial charge in [-0.05, 0) is 60.4 Å². The molecule has 0 unspecified atom stereocenters. The Morgan fingerprint density at radius 3 is 2.49 bits per heavy atom. The Morgan fingerprint density at radius 1 is 0.667 bits per heavy atom. The van der Waals surface area contributed by atoms with Gasteiger partial charge in [0.25, 0.3) is 0 Å². The summed E-state index contributed by atoms with van der Waals surface area (Å²) in [7, 11) is 0. The summed E-state index contributed by atoms with van der Waals surface area (Å²) < 4.78 is 11.4. The van der Waals surface area contributed by atoms with Crippen molar-refractivity contribution in [3.63, 3.8) is 0 Å². The average Bonchev–Trinajstić information content (AvgIpc) is 3.65. The molecule has 0 radical (unpaired) electrons. The van der Waals surface area contributed by atoms with E-state index in [0.29, 0.717) is 0 Å². The quantitative estimate of drug-likeness (QED) is 0.223. The van der Waals surface area contributed by atoms with Gasteiger partial charge in [-0.15, -0.1) is 11.3 Å². The molecule has 0 fully saturated rings. The highest BCUT2D eigenvalue weighted by Crippen LogP contribution is 2.42. The predicted molar refractivity (Wildman–Crippen MR) is 166 cm³/mol. The van der Waals surface area contributed by atoms with E-state index in [1.54, 1.807) is 0 Å². The van der Waals surface area contributed by atoms with Crippen LogP contribution in [0.5, 0.6) is 0 Å². The molecule has 3 heterocycles. The number of aromatic nitrogens is 1. The number of aryl methyl sites for hydroxylation is 1. The first-order chi connectivity index (χ1) is 19.3. The van der Waals surface area contributed by atoms with Gasteiger partial charge in [-0.3, -0.25) is 0 Å². The molecule has 2 nitrogen and oxygen atoms in total. The van der Waals surface area contributed by atoms with E-state index in [1.165, 1.54) is 64.1 Å². The molecule has 0 bridgehead atoms. The molecule has 0 N–H and O–H groups in total. The minimum atomic E-state index is 0.967. The summed E-state index contributed by atoms with van der Waals surface area (Å²) in [4.78, 5) is 0. The molecule has 1 aliphatic rings. The van der Waals surface area contributed by atoms with E-state index in [2.05, 4.69) is 120 Å². The fourth-order valence-electron chi connectivity index (χ4n) is 6.50. The lowest BCUT2D eigenvalue weighted by Gasteiger charge is -2.11. The van der Waals surface area contributed by atoms with Crippen molar-refractivity contribution in [1.29, 1.82) is 0 Å². The molecule has 0 spiro atoms. The molecule has 0 saturated heterocycles. The van der Waals surface area contributed by atoms with Crippen LogP contribution in [0.4, 0.5) is 0 Å². The maximum Gasteiger partial charge on any atom is 0.137 e. The van der Waals surface area contributed by atoms with Gasteiger partial charge in [0, 0.05) is 53.6 Å². The molecule has 0 amide bonds. The van der Waals surface area contributed by atoms with Crippen molar-refractivity contribution in [3.8, 4) is 16.8 Å². The molecular weight excluding hydrogens is 494 g/mol. The zero-order valence-electron chi connectivity index (χ0n) is 21.1. The zero-order chi connectivity index (χ0) is 25.5. The molecule has 9 rings (SSSR count). The van der Waals surface area contributed by atoms with Gasteiger partial charge in [0.2, 0.25) is 0 Å². The highest BCUT2D eigenvalue weighted by molar-refractivity contribution is 7.26. The van der Waals surface area contributed by atoms with Gasteiger partial charge >= 0.3 is 0 Å². The summed E-state index contributed by atoms with van der Waals surface area (Å²) >= 11 is 1.88. The number of furan rings is 1. The van der Waals surface area contributed by atoms with Crippen molar-refractivity contribution in [2.75, 3.05) is 0 Å². The van der Waals surface area contributed by atoms with Crippen LogP contribution in [-0.4, -0.2) is 4.57 Å². The van der Waals surface area contributed by atoms with E-state index in [1.807, 2.05) is 11.3 Å². The normalized spacial score (nSPS) is 13.3. The predicted octanol–water partition coefficient (Wildman–Crippen LogP) is 10.5. The zero-order valence-corrected chi connectivity index (χ0v) is 22.0. The molecule has 0 aliphatic heterocycles. The van der Waals surface area contributed by atoms with Crippen LogP contribution in [0.1, 0.15) is 17.7 Å². The molecule has 0 saturated carbocycles. The molecule has 8 aromatic rings. The van der Waals surface area contributed by atoms with Crippen molar-refractivity contribution in [1.82, 2.24) is 4.57 Å². The van der Waals surface area contributed by atoms with Crippen molar-refractivity contribution < 1.29 is 4.42 Å². The fraction of sp³-hybridized carbons (Fsp3) is 0.0556. The highest BCUT2D eigenvalue weighted by Gasteiger charge is 2.19. The topological polar surface area (TPSA) is 18.1 Å². The first-order valence-electron chi connectivity index (χ1n) is 13.5. The number of thiophene rings is 1. The third kappa shape index (κ3) is 3.02. The van der Waals surface area contributed by atoms with E-state index in [0.717, 1.165) is 29.9 Å². The largest absolute Gasteiger partial charge is 0.456 e. The average molecular weight is 518 g/mol. The summed E-state index contributed by atoms with van der Waals surface area (Å²) in [5.41, 5.74) is 8.37. The van der Waals surface area contributed by atoms with E-state index < -0.39 is 0 Å². The Balaban J connectivity index is 1.31. The molecule has 0 atom stereocenters. The van der Waals surface area contributed by atoms with Crippen molar-refractivity contribution >= 4 is 70.4 Å². The molecule has 1 aliphatic carbocycles. The third-order valence-corrected chi connectivity index (χ3v) is 9.49. The Morgan fingerprint density at radius 2 is 1.51 bits per heavy atom. The minimum Gasteiger partial charge on any atom is -0.456 e. The number of allylic oxidation sites excluding steroid dienone is 1. The molecular formula is C36H23NOS. The fourth-order valence-corrected chi connectivity index (χ4v) is 7.74. The smallest absolute Gasteiger partial charge is 0.137 e. The number of hydrogen-bond acceptors (Lipinski definition) is 2. The summed E-state index contributed by atoms with van der Waals surface area (Å²) in [6.07, 6.45) is 6.45. The lowest BCUT2D eigenvalue weighted by Crippen LogP contribution is -1.94. The highest BCUT2D eigenvalue weighted by atomic mass is 32.1. The first-order valence-corrected chi connectivity index (χ1v) is 14.3. The van der Waals surface area contributed by atoms with Gasteiger partial charge in [0.05, 0.1) is 11.0 Å².